The lowest BCUT2D eigenvalue weighted by molar-refractivity contribution is -0.116. The number of hydrogen-bond acceptors (Lipinski definition) is 6. The molecule has 0 radical (unpaired) electrons. The van der Waals surface area contributed by atoms with E-state index >= 15 is 0 Å². The van der Waals surface area contributed by atoms with Gasteiger partial charge in [0.1, 0.15) is 0 Å². The second-order valence-corrected chi connectivity index (χ2v) is 7.35. The first-order chi connectivity index (χ1) is 14.3. The van der Waals surface area contributed by atoms with Crippen LogP contribution in [-0.4, -0.2) is 28.0 Å². The van der Waals surface area contributed by atoms with E-state index in [1.165, 1.54) is 12.8 Å². The van der Waals surface area contributed by atoms with Gasteiger partial charge in [0.2, 0.25) is 12.1 Å². The Balaban J connectivity index is 1.49. The highest BCUT2D eigenvalue weighted by molar-refractivity contribution is 6.19. The van der Waals surface area contributed by atoms with E-state index in [0.29, 0.717) is 11.8 Å². The van der Waals surface area contributed by atoms with Crippen LogP contribution in [0.15, 0.2) is 64.0 Å². The van der Waals surface area contributed by atoms with E-state index in [2.05, 4.69) is 20.8 Å². The van der Waals surface area contributed by atoms with Crippen molar-refractivity contribution in [1.82, 2.24) is 10.2 Å². The van der Waals surface area contributed by atoms with Crippen molar-refractivity contribution >= 4 is 23.3 Å². The van der Waals surface area contributed by atoms with Crippen molar-refractivity contribution in [2.75, 3.05) is 10.6 Å². The average molecular weight is 387 g/mol. The molecule has 146 valence electrons. The van der Waals surface area contributed by atoms with Gasteiger partial charge in [0.25, 0.3) is 5.91 Å². The largest absolute Gasteiger partial charge is 0.408 e. The number of aliphatic imine (C=N–C) groups is 1. The molecule has 1 aliphatic heterocycles. The topological polar surface area (TPSA) is 92.4 Å². The summed E-state index contributed by atoms with van der Waals surface area (Å²) in [5.41, 5.74) is 3.25. The minimum Gasteiger partial charge on any atom is -0.408 e. The zero-order valence-electron chi connectivity index (χ0n) is 15.8. The van der Waals surface area contributed by atoms with Crippen LogP contribution in [0, 0.1) is 0 Å². The van der Waals surface area contributed by atoms with E-state index in [1.54, 1.807) is 0 Å². The number of anilines is 2. The third-order valence-electron chi connectivity index (χ3n) is 5.40. The van der Waals surface area contributed by atoms with Gasteiger partial charge in [-0.15, -0.1) is 5.10 Å². The van der Waals surface area contributed by atoms with Gasteiger partial charge in [-0.25, -0.2) is 4.99 Å². The number of rotatable bonds is 4. The summed E-state index contributed by atoms with van der Waals surface area (Å²) in [5.74, 6) is 0.673. The van der Waals surface area contributed by atoms with Gasteiger partial charge in [0.15, 0.2) is 0 Å². The molecule has 2 N–H and O–H groups in total. The van der Waals surface area contributed by atoms with Crippen LogP contribution in [0.4, 0.5) is 11.7 Å². The number of carbonyl (C=O) groups excluding carboxylic acids is 1. The summed E-state index contributed by atoms with van der Waals surface area (Å²) in [5, 5.41) is 14.2. The molecular formula is C22H21N5O2. The predicted molar refractivity (Wildman–Crippen MR) is 110 cm³/mol. The number of benzene rings is 2. The minimum atomic E-state index is -0.880. The Morgan fingerprint density at radius 3 is 2.55 bits per heavy atom. The Hall–Kier alpha value is -3.48. The Morgan fingerprint density at radius 2 is 1.72 bits per heavy atom. The zero-order chi connectivity index (χ0) is 19.6. The van der Waals surface area contributed by atoms with Crippen LogP contribution >= 0.6 is 0 Å². The maximum Gasteiger partial charge on any atom is 0.317 e. The predicted octanol–water partition coefficient (Wildman–Crippen LogP) is 3.95. The highest BCUT2D eigenvalue weighted by Gasteiger charge is 2.28. The highest BCUT2D eigenvalue weighted by Crippen LogP contribution is 2.34. The molecule has 3 aromatic rings. The molecule has 1 amide bonds. The Bertz CT molecular complexity index is 1050. The molecule has 7 heteroatoms. The van der Waals surface area contributed by atoms with Gasteiger partial charge in [-0.3, -0.25) is 4.79 Å². The van der Waals surface area contributed by atoms with Crippen LogP contribution in [0.5, 0.6) is 0 Å². The number of carbonyl (C=O) groups is 1. The number of aromatic nitrogens is 2. The zero-order valence-corrected chi connectivity index (χ0v) is 15.8. The molecule has 0 saturated heterocycles. The maximum absolute atomic E-state index is 12.9. The van der Waals surface area contributed by atoms with Gasteiger partial charge >= 0.3 is 6.01 Å². The lowest BCUT2D eigenvalue weighted by Gasteiger charge is -2.11. The van der Waals surface area contributed by atoms with Crippen LogP contribution in [-0.2, 0) is 4.79 Å². The molecule has 0 spiro atoms. The smallest absolute Gasteiger partial charge is 0.317 e. The molecule has 0 bridgehead atoms. The molecule has 1 saturated carbocycles. The van der Waals surface area contributed by atoms with Crippen LogP contribution in [0.1, 0.15) is 48.6 Å². The molecule has 1 aliphatic carbocycles. The van der Waals surface area contributed by atoms with Crippen molar-refractivity contribution in [1.29, 1.82) is 0 Å². The second-order valence-electron chi connectivity index (χ2n) is 7.35. The fraction of sp³-hybridized carbons (Fsp3) is 0.273. The van der Waals surface area contributed by atoms with Crippen molar-refractivity contribution in [3.63, 3.8) is 0 Å². The summed E-state index contributed by atoms with van der Waals surface area (Å²) in [6.07, 6.45) is 3.62. The molecule has 2 aromatic carbocycles. The number of nitrogens with zero attached hydrogens (tertiary/aromatic N) is 3. The van der Waals surface area contributed by atoms with Crippen LogP contribution in [0.3, 0.4) is 0 Å². The molecule has 7 nitrogen and oxygen atoms in total. The lowest BCUT2D eigenvalue weighted by Crippen LogP contribution is -2.32. The third-order valence-corrected chi connectivity index (χ3v) is 5.40. The van der Waals surface area contributed by atoms with Crippen molar-refractivity contribution in [2.45, 2.75) is 37.8 Å². The average Bonchev–Trinajstić information content (AvgIpc) is 3.42. The van der Waals surface area contributed by atoms with Gasteiger partial charge in [0, 0.05) is 17.0 Å². The van der Waals surface area contributed by atoms with E-state index < -0.39 is 6.17 Å². The molecule has 1 unspecified atom stereocenters. The van der Waals surface area contributed by atoms with Crippen LogP contribution in [0.2, 0.25) is 0 Å². The number of para-hydroxylation sites is 1. The summed E-state index contributed by atoms with van der Waals surface area (Å²) in [7, 11) is 0. The van der Waals surface area contributed by atoms with Crippen molar-refractivity contribution in [3.05, 3.63) is 71.6 Å². The Labute approximate surface area is 168 Å². The SMILES string of the molecule is O=C1Nc2ccccc2C(c2ccccc2)=NC1Nc1nnc(C2CCCC2)o1. The molecule has 1 fully saturated rings. The normalized spacial score (nSPS) is 19.2. The van der Waals surface area contributed by atoms with Crippen LogP contribution < -0.4 is 10.6 Å². The summed E-state index contributed by atoms with van der Waals surface area (Å²) < 4.78 is 5.79. The van der Waals surface area contributed by atoms with E-state index in [1.807, 2.05) is 54.6 Å². The van der Waals surface area contributed by atoms with Gasteiger partial charge < -0.3 is 15.1 Å². The minimum absolute atomic E-state index is 0.217. The van der Waals surface area contributed by atoms with Crippen molar-refractivity contribution < 1.29 is 9.21 Å². The molecular weight excluding hydrogens is 366 g/mol. The highest BCUT2D eigenvalue weighted by atomic mass is 16.4. The summed E-state index contributed by atoms with van der Waals surface area (Å²) in [6, 6.07) is 17.7. The van der Waals surface area contributed by atoms with Gasteiger partial charge in [-0.2, -0.15) is 0 Å². The summed E-state index contributed by atoms with van der Waals surface area (Å²) in [4.78, 5) is 17.6. The van der Waals surface area contributed by atoms with E-state index in [-0.39, 0.29) is 11.9 Å². The van der Waals surface area contributed by atoms with Crippen LogP contribution in [0.25, 0.3) is 0 Å². The second kappa shape index (κ2) is 7.50. The third kappa shape index (κ3) is 3.51. The molecule has 1 atom stereocenters. The Morgan fingerprint density at radius 1 is 0.966 bits per heavy atom. The standard InChI is InChI=1S/C22H21N5O2/c28-20-19(25-22-27-26-21(29-22)15-10-4-5-11-15)24-18(14-8-2-1-3-9-14)16-12-6-7-13-17(16)23-20/h1-3,6-9,12-13,15,19H,4-5,10-11H2,(H,23,28)(H,25,27). The molecule has 5 rings (SSSR count). The molecule has 1 aromatic heterocycles. The Kier molecular flexibility index (Phi) is 4.56. The molecule has 29 heavy (non-hydrogen) atoms. The number of amides is 1. The van der Waals surface area contributed by atoms with Crippen molar-refractivity contribution in [3.8, 4) is 0 Å². The first kappa shape index (κ1) is 17.6. The fourth-order valence-corrected chi connectivity index (χ4v) is 3.93. The number of hydrogen-bond donors (Lipinski definition) is 2. The van der Waals surface area contributed by atoms with E-state index in [0.717, 1.165) is 35.4 Å². The monoisotopic (exact) mass is 387 g/mol. The van der Waals surface area contributed by atoms with Crippen molar-refractivity contribution in [2.24, 2.45) is 4.99 Å². The first-order valence-electron chi connectivity index (χ1n) is 9.91. The number of fused-ring (bicyclic) bond motifs is 1. The first-order valence-corrected chi connectivity index (χ1v) is 9.91. The number of nitrogens with one attached hydrogen (secondary N) is 2. The fourth-order valence-electron chi connectivity index (χ4n) is 3.93. The molecule has 2 heterocycles. The maximum atomic E-state index is 12.9. The van der Waals surface area contributed by atoms with Gasteiger partial charge in [0.05, 0.1) is 11.4 Å². The van der Waals surface area contributed by atoms with Gasteiger partial charge in [-0.1, -0.05) is 66.5 Å². The number of benzodiazepines with no additional fused rings is 1. The van der Waals surface area contributed by atoms with E-state index in [9.17, 15) is 4.79 Å². The van der Waals surface area contributed by atoms with Gasteiger partial charge in [-0.05, 0) is 18.9 Å². The lowest BCUT2D eigenvalue weighted by atomic mass is 10.0. The van der Waals surface area contributed by atoms with E-state index in [4.69, 9.17) is 9.41 Å². The summed E-state index contributed by atoms with van der Waals surface area (Å²) in [6.45, 7) is 0. The summed E-state index contributed by atoms with van der Waals surface area (Å²) >= 11 is 0. The quantitative estimate of drug-likeness (QED) is 0.707. The molecule has 2 aliphatic rings.